The van der Waals surface area contributed by atoms with Gasteiger partial charge in [0.15, 0.2) is 0 Å². The zero-order valence-electron chi connectivity index (χ0n) is 18.3. The Labute approximate surface area is 194 Å². The number of aromatic nitrogens is 3. The van der Waals surface area contributed by atoms with Crippen LogP contribution in [0, 0.1) is 0 Å². The maximum Gasteiger partial charge on any atom is 0.225 e. The third-order valence-corrected chi connectivity index (χ3v) is 6.83. The molecule has 1 saturated heterocycles. The Kier molecular flexibility index (Phi) is 7.69. The van der Waals surface area contributed by atoms with Gasteiger partial charge in [0.2, 0.25) is 5.95 Å². The van der Waals surface area contributed by atoms with Gasteiger partial charge in [-0.25, -0.2) is 14.3 Å². The number of hydrogen-bond donors (Lipinski definition) is 0. The van der Waals surface area contributed by atoms with Gasteiger partial charge in [-0.15, -0.1) is 0 Å². The van der Waals surface area contributed by atoms with E-state index in [4.69, 9.17) is 16.3 Å². The fraction of sp³-hybridized carbons (Fsp3) is 0.522. The number of piperidine rings is 1. The maximum atomic E-state index is 5.71. The molecule has 0 aliphatic carbocycles. The molecule has 0 N–H and O–H groups in total. The molecule has 166 valence electrons. The van der Waals surface area contributed by atoms with E-state index in [2.05, 4.69) is 49.5 Å². The van der Waals surface area contributed by atoms with E-state index in [1.807, 2.05) is 18.1 Å². The SMILES string of the molecule is CSN1CC=C(c2cc3c(cn2)OC(C)C3)CC1.Clc1cnc(N2CCCCC2)nc1. The van der Waals surface area contributed by atoms with Crippen molar-refractivity contribution in [2.24, 2.45) is 0 Å². The van der Waals surface area contributed by atoms with Crippen LogP contribution in [0.5, 0.6) is 5.75 Å². The monoisotopic (exact) mass is 459 g/mol. The van der Waals surface area contributed by atoms with Crippen LogP contribution >= 0.6 is 23.5 Å². The average Bonchev–Trinajstić information content (AvgIpc) is 3.20. The summed E-state index contributed by atoms with van der Waals surface area (Å²) >= 11 is 7.52. The van der Waals surface area contributed by atoms with Crippen molar-refractivity contribution in [2.45, 2.75) is 45.1 Å². The standard InChI is InChI=1S/C14H18N2OS.C9H12ClN3/c1-10-7-12-8-13(15-9-14(12)17-10)11-3-5-16(18-2)6-4-11;10-8-6-11-9(12-7-8)13-4-2-1-3-5-13/h3,8-10H,4-7H2,1-2H3;6-7H,1-5H2. The van der Waals surface area contributed by atoms with Crippen molar-refractivity contribution < 1.29 is 4.74 Å². The van der Waals surface area contributed by atoms with Crippen LogP contribution in [0.1, 0.15) is 43.9 Å². The highest BCUT2D eigenvalue weighted by atomic mass is 35.5. The molecule has 3 aliphatic rings. The van der Waals surface area contributed by atoms with Crippen LogP contribution < -0.4 is 9.64 Å². The van der Waals surface area contributed by atoms with E-state index in [1.165, 1.54) is 30.4 Å². The summed E-state index contributed by atoms with van der Waals surface area (Å²) in [7, 11) is 0. The fourth-order valence-corrected chi connectivity index (χ4v) is 4.70. The lowest BCUT2D eigenvalue weighted by atomic mass is 10.0. The molecule has 0 aromatic carbocycles. The van der Waals surface area contributed by atoms with Crippen LogP contribution in [0.3, 0.4) is 0 Å². The summed E-state index contributed by atoms with van der Waals surface area (Å²) in [5.41, 5.74) is 3.82. The summed E-state index contributed by atoms with van der Waals surface area (Å²) in [6.07, 6.45) is 15.8. The minimum Gasteiger partial charge on any atom is -0.488 e. The Morgan fingerprint density at radius 2 is 1.84 bits per heavy atom. The van der Waals surface area contributed by atoms with Gasteiger partial charge in [-0.1, -0.05) is 29.6 Å². The molecule has 0 radical (unpaired) electrons. The molecular weight excluding hydrogens is 430 g/mol. The third kappa shape index (κ3) is 5.90. The Bertz CT molecular complexity index is 901. The molecule has 1 fully saturated rings. The molecule has 5 rings (SSSR count). The molecule has 1 atom stereocenters. The number of halogens is 1. The number of ether oxygens (including phenoxy) is 1. The van der Waals surface area contributed by atoms with Crippen molar-refractivity contribution in [1.29, 1.82) is 0 Å². The molecule has 8 heteroatoms. The molecule has 5 heterocycles. The van der Waals surface area contributed by atoms with Gasteiger partial charge < -0.3 is 9.64 Å². The van der Waals surface area contributed by atoms with Gasteiger partial charge in [-0.2, -0.15) is 0 Å². The Hall–Kier alpha value is -1.83. The molecule has 0 amide bonds. The van der Waals surface area contributed by atoms with Gasteiger partial charge >= 0.3 is 0 Å². The number of hydrogen-bond acceptors (Lipinski definition) is 7. The van der Waals surface area contributed by atoms with Crippen molar-refractivity contribution in [3.63, 3.8) is 0 Å². The first kappa shape index (κ1) is 22.4. The van der Waals surface area contributed by atoms with E-state index in [-0.39, 0.29) is 0 Å². The summed E-state index contributed by atoms with van der Waals surface area (Å²) < 4.78 is 8.05. The first-order valence-corrected chi connectivity index (χ1v) is 12.5. The quantitative estimate of drug-likeness (QED) is 0.605. The van der Waals surface area contributed by atoms with Crippen LogP contribution in [0.15, 0.2) is 30.7 Å². The molecule has 6 nitrogen and oxygen atoms in total. The number of rotatable bonds is 3. The van der Waals surface area contributed by atoms with Crippen molar-refractivity contribution in [1.82, 2.24) is 19.3 Å². The van der Waals surface area contributed by atoms with Crippen LogP contribution in [-0.4, -0.2) is 57.8 Å². The second kappa shape index (κ2) is 10.7. The average molecular weight is 460 g/mol. The summed E-state index contributed by atoms with van der Waals surface area (Å²) in [5, 5.41) is 0.598. The minimum atomic E-state index is 0.296. The lowest BCUT2D eigenvalue weighted by Gasteiger charge is -2.26. The van der Waals surface area contributed by atoms with Gasteiger partial charge in [0.05, 0.1) is 29.3 Å². The second-order valence-electron chi connectivity index (χ2n) is 8.11. The highest BCUT2D eigenvalue weighted by Crippen LogP contribution is 2.31. The van der Waals surface area contributed by atoms with Crippen LogP contribution in [0.4, 0.5) is 5.95 Å². The molecule has 31 heavy (non-hydrogen) atoms. The van der Waals surface area contributed by atoms with Crippen molar-refractivity contribution in [3.8, 4) is 5.75 Å². The minimum absolute atomic E-state index is 0.296. The zero-order valence-corrected chi connectivity index (χ0v) is 19.8. The van der Waals surface area contributed by atoms with E-state index < -0.39 is 0 Å². The highest BCUT2D eigenvalue weighted by molar-refractivity contribution is 7.96. The predicted molar refractivity (Wildman–Crippen MR) is 129 cm³/mol. The third-order valence-electron chi connectivity index (χ3n) is 5.79. The van der Waals surface area contributed by atoms with Crippen molar-refractivity contribution in [2.75, 3.05) is 37.3 Å². The number of fused-ring (bicyclic) bond motifs is 1. The maximum absolute atomic E-state index is 5.71. The van der Waals surface area contributed by atoms with E-state index in [9.17, 15) is 0 Å². The van der Waals surface area contributed by atoms with E-state index in [0.29, 0.717) is 11.1 Å². The first-order chi connectivity index (χ1) is 15.1. The van der Waals surface area contributed by atoms with Crippen LogP contribution in [0.2, 0.25) is 5.02 Å². The van der Waals surface area contributed by atoms with Crippen LogP contribution in [-0.2, 0) is 6.42 Å². The first-order valence-electron chi connectivity index (χ1n) is 11.0. The van der Waals surface area contributed by atoms with Gasteiger partial charge in [-0.05, 0) is 50.5 Å². The lowest BCUT2D eigenvalue weighted by molar-refractivity contribution is 0.254. The topological polar surface area (TPSA) is 54.4 Å². The summed E-state index contributed by atoms with van der Waals surface area (Å²) in [6, 6.07) is 2.21. The highest BCUT2D eigenvalue weighted by Gasteiger charge is 2.21. The predicted octanol–water partition coefficient (Wildman–Crippen LogP) is 4.89. The number of nitrogens with zero attached hydrogens (tertiary/aromatic N) is 5. The largest absolute Gasteiger partial charge is 0.488 e. The van der Waals surface area contributed by atoms with Crippen molar-refractivity contribution >= 4 is 35.1 Å². The summed E-state index contributed by atoms with van der Waals surface area (Å²) in [6.45, 7) is 6.37. The smallest absolute Gasteiger partial charge is 0.225 e. The molecule has 2 aromatic heterocycles. The lowest BCUT2D eigenvalue weighted by Crippen LogP contribution is -2.30. The summed E-state index contributed by atoms with van der Waals surface area (Å²) in [4.78, 5) is 15.1. The van der Waals surface area contributed by atoms with Gasteiger partial charge in [0.1, 0.15) is 11.9 Å². The molecular formula is C23H30ClN5OS. The Morgan fingerprint density at radius 1 is 1.06 bits per heavy atom. The van der Waals surface area contributed by atoms with Gasteiger partial charge in [-0.3, -0.25) is 4.98 Å². The van der Waals surface area contributed by atoms with E-state index in [1.54, 1.807) is 12.4 Å². The fourth-order valence-electron chi connectivity index (χ4n) is 4.11. The molecule has 3 aliphatic heterocycles. The Balaban J connectivity index is 0.000000158. The van der Waals surface area contributed by atoms with Gasteiger partial charge in [0.25, 0.3) is 0 Å². The molecule has 2 aromatic rings. The number of anilines is 1. The van der Waals surface area contributed by atoms with Crippen molar-refractivity contribution in [3.05, 3.63) is 47.0 Å². The van der Waals surface area contributed by atoms with E-state index >= 15 is 0 Å². The molecule has 1 unspecified atom stereocenters. The molecule has 0 saturated carbocycles. The second-order valence-corrected chi connectivity index (χ2v) is 9.43. The zero-order chi connectivity index (χ0) is 21.6. The van der Waals surface area contributed by atoms with Gasteiger partial charge in [0, 0.05) is 38.2 Å². The van der Waals surface area contributed by atoms with Crippen LogP contribution in [0.25, 0.3) is 5.57 Å². The molecule has 0 bridgehead atoms. The normalized spacial score (nSPS) is 20.9. The number of pyridine rings is 1. The Morgan fingerprint density at radius 3 is 2.52 bits per heavy atom. The van der Waals surface area contributed by atoms with E-state index in [0.717, 1.165) is 56.4 Å². The summed E-state index contributed by atoms with van der Waals surface area (Å²) in [5.74, 6) is 1.78. The molecule has 0 spiro atoms.